The molecule has 0 unspecified atom stereocenters. The van der Waals surface area contributed by atoms with Crippen LogP contribution in [0.1, 0.15) is 56.9 Å². The maximum atomic E-state index is 13.6. The lowest BCUT2D eigenvalue weighted by molar-refractivity contribution is -0.137. The number of carbonyl (C=O) groups is 1. The predicted molar refractivity (Wildman–Crippen MR) is 124 cm³/mol. The molecule has 0 fully saturated rings. The first kappa shape index (κ1) is 23.7. The molecule has 0 aliphatic heterocycles. The summed E-state index contributed by atoms with van der Waals surface area (Å²) in [6.45, 7) is 11.1. The van der Waals surface area contributed by atoms with Gasteiger partial charge in [0.25, 0.3) is 0 Å². The van der Waals surface area contributed by atoms with E-state index in [9.17, 15) is 13.2 Å². The summed E-state index contributed by atoms with van der Waals surface area (Å²) in [4.78, 5) is 13.3. The van der Waals surface area contributed by atoms with Crippen molar-refractivity contribution in [2.75, 3.05) is 0 Å². The van der Waals surface area contributed by atoms with Crippen molar-refractivity contribution in [3.63, 3.8) is 0 Å². The summed E-state index contributed by atoms with van der Waals surface area (Å²) in [6, 6.07) is 15.9. The van der Waals surface area contributed by atoms with Gasteiger partial charge in [-0.05, 0) is 58.7 Å². The van der Waals surface area contributed by atoms with Crippen molar-refractivity contribution in [2.24, 2.45) is 0 Å². The maximum absolute atomic E-state index is 13.6. The second-order valence-electron chi connectivity index (χ2n) is 8.91. The molecular formula is C25H30N2O4S. The maximum Gasteiger partial charge on any atom is 0.320 e. The van der Waals surface area contributed by atoms with E-state index < -0.39 is 27.3 Å². The summed E-state index contributed by atoms with van der Waals surface area (Å²) in [5, 5.41) is 4.46. The first-order chi connectivity index (χ1) is 15.0. The van der Waals surface area contributed by atoms with Gasteiger partial charge >= 0.3 is 5.97 Å². The first-order valence-electron chi connectivity index (χ1n) is 10.6. The minimum Gasteiger partial charge on any atom is -0.406 e. The number of carbonyl (C=O) groups excluding carboxylic acids is 1. The monoisotopic (exact) mass is 454 g/mol. The van der Waals surface area contributed by atoms with Gasteiger partial charge in [-0.3, -0.25) is 4.79 Å². The normalized spacial score (nSPS) is 13.1. The largest absolute Gasteiger partial charge is 0.406 e. The van der Waals surface area contributed by atoms with Crippen LogP contribution >= 0.6 is 0 Å². The summed E-state index contributed by atoms with van der Waals surface area (Å²) in [5.74, 6) is -1.07. The Morgan fingerprint density at radius 3 is 2.16 bits per heavy atom. The second kappa shape index (κ2) is 8.90. The van der Waals surface area contributed by atoms with E-state index >= 15 is 0 Å². The van der Waals surface area contributed by atoms with Gasteiger partial charge in [0.2, 0.25) is 15.7 Å². The molecule has 0 spiro atoms. The average molecular weight is 455 g/mol. The second-order valence-corrected chi connectivity index (χ2v) is 10.8. The minimum absolute atomic E-state index is 0.0463. The van der Waals surface area contributed by atoms with Crippen molar-refractivity contribution in [2.45, 2.75) is 69.2 Å². The lowest BCUT2D eigenvalue weighted by Gasteiger charge is -2.23. The molecule has 7 heteroatoms. The third-order valence-corrected chi connectivity index (χ3v) is 7.19. The first-order valence-corrected chi connectivity index (χ1v) is 12.1. The quantitative estimate of drug-likeness (QED) is 0.479. The fourth-order valence-electron chi connectivity index (χ4n) is 3.57. The van der Waals surface area contributed by atoms with Gasteiger partial charge in [0.05, 0.1) is 22.0 Å². The Kier molecular flexibility index (Phi) is 6.60. The number of aromatic nitrogens is 2. The van der Waals surface area contributed by atoms with E-state index in [2.05, 4.69) is 5.10 Å². The third kappa shape index (κ3) is 4.63. The van der Waals surface area contributed by atoms with Crippen LogP contribution in [0.4, 0.5) is 0 Å². The Morgan fingerprint density at radius 2 is 1.62 bits per heavy atom. The molecule has 6 nitrogen and oxygen atoms in total. The molecule has 0 saturated heterocycles. The van der Waals surface area contributed by atoms with Gasteiger partial charge in [-0.15, -0.1) is 0 Å². The Bertz CT molecular complexity index is 1210. The standard InChI is InChI=1S/C25H30N2O4S/c1-7-21(19-11-9-8-10-12-19)24(28)31-23-22(18(3)26-27(23)25(4,5)6)32(29,30)20-15-13-17(2)14-16-20/h8-16,21H,7H2,1-6H3/t21-/m0/s1. The number of esters is 1. The van der Waals surface area contributed by atoms with Crippen molar-refractivity contribution in [1.29, 1.82) is 0 Å². The number of hydrogen-bond donors (Lipinski definition) is 0. The van der Waals surface area contributed by atoms with Crippen LogP contribution in [-0.2, 0) is 20.2 Å². The van der Waals surface area contributed by atoms with E-state index in [1.807, 2.05) is 65.0 Å². The zero-order valence-corrected chi connectivity index (χ0v) is 20.2. The molecule has 0 saturated carbocycles. The van der Waals surface area contributed by atoms with Crippen molar-refractivity contribution in [3.05, 3.63) is 71.4 Å². The zero-order chi connectivity index (χ0) is 23.7. The third-order valence-electron chi connectivity index (χ3n) is 5.29. The molecule has 3 aromatic rings. The highest BCUT2D eigenvalue weighted by Crippen LogP contribution is 2.37. The van der Waals surface area contributed by atoms with E-state index in [1.165, 1.54) is 4.68 Å². The van der Waals surface area contributed by atoms with Crippen LogP contribution in [0.3, 0.4) is 0 Å². The Hall–Kier alpha value is -2.93. The van der Waals surface area contributed by atoms with Gasteiger partial charge in [-0.2, -0.15) is 5.10 Å². The van der Waals surface area contributed by atoms with Crippen LogP contribution in [0, 0.1) is 13.8 Å². The van der Waals surface area contributed by atoms with E-state index in [0.29, 0.717) is 6.42 Å². The van der Waals surface area contributed by atoms with Crippen molar-refractivity contribution in [3.8, 4) is 5.88 Å². The van der Waals surface area contributed by atoms with E-state index in [-0.39, 0.29) is 21.4 Å². The van der Waals surface area contributed by atoms with E-state index in [1.54, 1.807) is 31.2 Å². The fourth-order valence-corrected chi connectivity index (χ4v) is 5.09. The number of hydrogen-bond acceptors (Lipinski definition) is 5. The molecule has 0 bridgehead atoms. The topological polar surface area (TPSA) is 78.3 Å². The highest BCUT2D eigenvalue weighted by molar-refractivity contribution is 7.91. The van der Waals surface area contributed by atoms with Crippen molar-refractivity contribution in [1.82, 2.24) is 9.78 Å². The molecule has 0 aliphatic carbocycles. The van der Waals surface area contributed by atoms with Gasteiger partial charge in [0, 0.05) is 0 Å². The molecule has 0 N–H and O–H groups in total. The molecule has 2 aromatic carbocycles. The number of aryl methyl sites for hydroxylation is 2. The lowest BCUT2D eigenvalue weighted by atomic mass is 9.97. The van der Waals surface area contributed by atoms with Gasteiger partial charge in [0.1, 0.15) is 0 Å². The van der Waals surface area contributed by atoms with E-state index in [4.69, 9.17) is 4.74 Å². The highest BCUT2D eigenvalue weighted by atomic mass is 32.2. The van der Waals surface area contributed by atoms with Gasteiger partial charge in [-0.1, -0.05) is 55.0 Å². The SMILES string of the molecule is CC[C@H](C(=O)Oc1c(S(=O)(=O)c2ccc(C)cc2)c(C)nn1C(C)(C)C)c1ccccc1. The fraction of sp³-hybridized carbons (Fsp3) is 0.360. The minimum atomic E-state index is -3.96. The molecule has 1 heterocycles. The number of nitrogens with zero attached hydrogens (tertiary/aromatic N) is 2. The summed E-state index contributed by atoms with van der Waals surface area (Å²) in [5.41, 5.74) is 1.46. The van der Waals surface area contributed by atoms with Crippen LogP contribution in [0.5, 0.6) is 5.88 Å². The van der Waals surface area contributed by atoms with Crippen LogP contribution in [-0.4, -0.2) is 24.2 Å². The highest BCUT2D eigenvalue weighted by Gasteiger charge is 2.35. The molecule has 1 atom stereocenters. The van der Waals surface area contributed by atoms with Gasteiger partial charge in [0.15, 0.2) is 4.90 Å². The average Bonchev–Trinajstić information content (AvgIpc) is 3.06. The van der Waals surface area contributed by atoms with Gasteiger partial charge in [-0.25, -0.2) is 13.1 Å². The summed E-state index contributed by atoms with van der Waals surface area (Å²) < 4.78 is 34.5. The molecule has 0 aliphatic rings. The number of rotatable bonds is 6. The Balaban J connectivity index is 2.14. The molecule has 3 rings (SSSR count). The molecule has 170 valence electrons. The predicted octanol–water partition coefficient (Wildman–Crippen LogP) is 5.19. The van der Waals surface area contributed by atoms with Crippen LogP contribution < -0.4 is 4.74 Å². The summed E-state index contributed by atoms with van der Waals surface area (Å²) >= 11 is 0. The van der Waals surface area contributed by atoms with Gasteiger partial charge < -0.3 is 4.74 Å². The number of sulfone groups is 1. The number of ether oxygens (including phenoxy) is 1. The molecule has 32 heavy (non-hydrogen) atoms. The van der Waals surface area contributed by atoms with E-state index in [0.717, 1.165) is 11.1 Å². The Morgan fingerprint density at radius 1 is 1.03 bits per heavy atom. The lowest BCUT2D eigenvalue weighted by Crippen LogP contribution is -2.27. The molecule has 0 amide bonds. The Labute approximate surface area is 190 Å². The molecular weight excluding hydrogens is 424 g/mol. The summed E-state index contributed by atoms with van der Waals surface area (Å²) in [7, 11) is -3.96. The van der Waals surface area contributed by atoms with Crippen LogP contribution in [0.15, 0.2) is 64.4 Å². The summed E-state index contributed by atoms with van der Waals surface area (Å²) in [6.07, 6.45) is 0.519. The van der Waals surface area contributed by atoms with Crippen LogP contribution in [0.25, 0.3) is 0 Å². The molecule has 0 radical (unpaired) electrons. The number of benzene rings is 2. The zero-order valence-electron chi connectivity index (χ0n) is 19.4. The molecule has 1 aromatic heterocycles. The van der Waals surface area contributed by atoms with Crippen LogP contribution in [0.2, 0.25) is 0 Å². The smallest absolute Gasteiger partial charge is 0.320 e. The van der Waals surface area contributed by atoms with Crippen molar-refractivity contribution >= 4 is 15.8 Å². The van der Waals surface area contributed by atoms with Crippen molar-refractivity contribution < 1.29 is 17.9 Å².